The standard InChI is InChI=1S/C26H23F2NO.ClH/c27-22-10-5-19(6-11-22)15-16-29-17-25-24-4-2-1-3-21(24)9-14-26(25)30-18-20-7-12-23(28)13-8-20;/h1-14,29H,15-18H2;1H. The monoisotopic (exact) mass is 439 g/mol. The third kappa shape index (κ3) is 6.03. The summed E-state index contributed by atoms with van der Waals surface area (Å²) in [6, 6.07) is 25.2. The molecule has 0 aliphatic heterocycles. The molecule has 31 heavy (non-hydrogen) atoms. The number of rotatable bonds is 8. The van der Waals surface area contributed by atoms with Gasteiger partial charge in [-0.1, -0.05) is 54.6 Å². The molecule has 0 aliphatic rings. The van der Waals surface area contributed by atoms with Crippen LogP contribution >= 0.6 is 12.4 Å². The molecular formula is C26H24ClF2NO. The quantitative estimate of drug-likeness (QED) is 0.318. The molecule has 0 aliphatic carbocycles. The van der Waals surface area contributed by atoms with Gasteiger partial charge in [-0.3, -0.25) is 0 Å². The van der Waals surface area contributed by atoms with E-state index in [4.69, 9.17) is 4.74 Å². The highest BCUT2D eigenvalue weighted by molar-refractivity contribution is 5.87. The Labute approximate surface area is 187 Å². The number of fused-ring (bicyclic) bond motifs is 1. The number of ether oxygens (including phenoxy) is 1. The Morgan fingerprint density at radius 1 is 0.710 bits per heavy atom. The molecule has 4 aromatic rings. The summed E-state index contributed by atoms with van der Waals surface area (Å²) < 4.78 is 32.3. The second kappa shape index (κ2) is 10.9. The van der Waals surface area contributed by atoms with E-state index in [9.17, 15) is 8.78 Å². The van der Waals surface area contributed by atoms with Crippen molar-refractivity contribution >= 4 is 23.2 Å². The van der Waals surface area contributed by atoms with E-state index >= 15 is 0 Å². The summed E-state index contributed by atoms with van der Waals surface area (Å²) in [4.78, 5) is 0. The molecule has 0 radical (unpaired) electrons. The first-order valence-electron chi connectivity index (χ1n) is 10.0. The van der Waals surface area contributed by atoms with Gasteiger partial charge in [0.2, 0.25) is 0 Å². The summed E-state index contributed by atoms with van der Waals surface area (Å²) in [5.74, 6) is 0.341. The van der Waals surface area contributed by atoms with Crippen LogP contribution in [0.5, 0.6) is 5.75 Å². The van der Waals surface area contributed by atoms with Gasteiger partial charge < -0.3 is 10.1 Å². The first kappa shape index (κ1) is 22.7. The molecule has 160 valence electrons. The highest BCUT2D eigenvalue weighted by atomic mass is 35.5. The Balaban J connectivity index is 0.00000272. The summed E-state index contributed by atoms with van der Waals surface area (Å²) in [6.45, 7) is 1.80. The van der Waals surface area contributed by atoms with Crippen LogP contribution in [0.2, 0.25) is 0 Å². The zero-order chi connectivity index (χ0) is 20.8. The Hall–Kier alpha value is -2.95. The zero-order valence-electron chi connectivity index (χ0n) is 17.0. The van der Waals surface area contributed by atoms with Gasteiger partial charge in [0.05, 0.1) is 0 Å². The maximum Gasteiger partial charge on any atom is 0.124 e. The Kier molecular flexibility index (Phi) is 7.99. The Morgan fingerprint density at radius 2 is 1.35 bits per heavy atom. The van der Waals surface area contributed by atoms with Crippen molar-refractivity contribution in [2.75, 3.05) is 6.54 Å². The Morgan fingerprint density at radius 3 is 2.06 bits per heavy atom. The molecule has 0 saturated heterocycles. The molecule has 0 amide bonds. The summed E-state index contributed by atoms with van der Waals surface area (Å²) in [6.07, 6.45) is 0.816. The third-order valence-corrected chi connectivity index (χ3v) is 5.11. The van der Waals surface area contributed by atoms with E-state index < -0.39 is 0 Å². The van der Waals surface area contributed by atoms with Crippen LogP contribution in [-0.2, 0) is 19.6 Å². The van der Waals surface area contributed by atoms with Crippen molar-refractivity contribution in [1.82, 2.24) is 5.32 Å². The van der Waals surface area contributed by atoms with Gasteiger partial charge in [-0.15, -0.1) is 12.4 Å². The average Bonchev–Trinajstić information content (AvgIpc) is 2.78. The molecule has 0 atom stereocenters. The lowest BCUT2D eigenvalue weighted by Crippen LogP contribution is -2.17. The topological polar surface area (TPSA) is 21.3 Å². The molecule has 2 nitrogen and oxygen atoms in total. The Bertz CT molecular complexity index is 1110. The van der Waals surface area contributed by atoms with Crippen molar-refractivity contribution < 1.29 is 13.5 Å². The van der Waals surface area contributed by atoms with Crippen molar-refractivity contribution in [2.45, 2.75) is 19.6 Å². The molecule has 0 saturated carbocycles. The number of nitrogens with one attached hydrogen (secondary N) is 1. The van der Waals surface area contributed by atoms with Gasteiger partial charge in [0.15, 0.2) is 0 Å². The number of benzene rings is 4. The van der Waals surface area contributed by atoms with Crippen LogP contribution in [0.25, 0.3) is 10.8 Å². The second-order valence-electron chi connectivity index (χ2n) is 7.23. The minimum absolute atomic E-state index is 0. The normalized spacial score (nSPS) is 10.6. The molecule has 4 aromatic carbocycles. The average molecular weight is 440 g/mol. The van der Waals surface area contributed by atoms with Crippen LogP contribution in [0.15, 0.2) is 84.9 Å². The minimum Gasteiger partial charge on any atom is -0.489 e. The first-order valence-corrected chi connectivity index (χ1v) is 10.0. The van der Waals surface area contributed by atoms with Gasteiger partial charge in [0.1, 0.15) is 24.0 Å². The first-order chi connectivity index (χ1) is 14.7. The van der Waals surface area contributed by atoms with Crippen LogP contribution in [0.3, 0.4) is 0 Å². The van der Waals surface area contributed by atoms with Crippen molar-refractivity contribution in [1.29, 1.82) is 0 Å². The van der Waals surface area contributed by atoms with E-state index in [1.54, 1.807) is 12.1 Å². The van der Waals surface area contributed by atoms with Crippen molar-refractivity contribution in [3.05, 3.63) is 113 Å². The lowest BCUT2D eigenvalue weighted by atomic mass is 10.0. The third-order valence-electron chi connectivity index (χ3n) is 5.11. The van der Waals surface area contributed by atoms with Crippen molar-refractivity contribution in [3.8, 4) is 5.75 Å². The van der Waals surface area contributed by atoms with Crippen LogP contribution in [-0.4, -0.2) is 6.54 Å². The largest absolute Gasteiger partial charge is 0.489 e. The predicted molar refractivity (Wildman–Crippen MR) is 124 cm³/mol. The number of halogens is 3. The maximum absolute atomic E-state index is 13.1. The summed E-state index contributed by atoms with van der Waals surface area (Å²) >= 11 is 0. The van der Waals surface area contributed by atoms with Crippen LogP contribution < -0.4 is 10.1 Å². The van der Waals surface area contributed by atoms with Gasteiger partial charge in [-0.2, -0.15) is 0 Å². The lowest BCUT2D eigenvalue weighted by molar-refractivity contribution is 0.302. The second-order valence-corrected chi connectivity index (χ2v) is 7.23. The van der Waals surface area contributed by atoms with Crippen molar-refractivity contribution in [3.63, 3.8) is 0 Å². The van der Waals surface area contributed by atoms with Crippen LogP contribution in [0.4, 0.5) is 8.78 Å². The summed E-state index contributed by atoms with van der Waals surface area (Å²) in [5.41, 5.74) is 3.10. The fourth-order valence-corrected chi connectivity index (χ4v) is 3.47. The summed E-state index contributed by atoms with van der Waals surface area (Å²) in [7, 11) is 0. The maximum atomic E-state index is 13.1. The summed E-state index contributed by atoms with van der Waals surface area (Å²) in [5, 5.41) is 5.78. The molecule has 5 heteroatoms. The van der Waals surface area contributed by atoms with E-state index in [2.05, 4.69) is 23.5 Å². The molecule has 1 N–H and O–H groups in total. The van der Waals surface area contributed by atoms with Crippen molar-refractivity contribution in [2.24, 2.45) is 0 Å². The van der Waals surface area contributed by atoms with Crippen LogP contribution in [0.1, 0.15) is 16.7 Å². The van der Waals surface area contributed by atoms with Gasteiger partial charge in [-0.25, -0.2) is 8.78 Å². The lowest BCUT2D eigenvalue weighted by Gasteiger charge is -2.15. The smallest absolute Gasteiger partial charge is 0.124 e. The van der Waals surface area contributed by atoms with E-state index in [-0.39, 0.29) is 24.0 Å². The van der Waals surface area contributed by atoms with Gasteiger partial charge >= 0.3 is 0 Å². The SMILES string of the molecule is Cl.Fc1ccc(CCNCc2c(OCc3ccc(F)cc3)ccc3ccccc23)cc1. The number of hydrogen-bond acceptors (Lipinski definition) is 2. The predicted octanol–water partition coefficient (Wildman–Crippen LogP) is 6.45. The molecule has 0 bridgehead atoms. The zero-order valence-corrected chi connectivity index (χ0v) is 17.8. The number of hydrogen-bond donors (Lipinski definition) is 1. The molecular weight excluding hydrogens is 416 g/mol. The molecule has 0 aromatic heterocycles. The van der Waals surface area contributed by atoms with E-state index in [1.165, 1.54) is 24.3 Å². The van der Waals surface area contributed by atoms with E-state index in [0.717, 1.165) is 46.2 Å². The molecule has 0 spiro atoms. The molecule has 0 fully saturated rings. The minimum atomic E-state index is -0.254. The van der Waals surface area contributed by atoms with E-state index in [0.29, 0.717) is 13.2 Å². The van der Waals surface area contributed by atoms with E-state index in [1.807, 2.05) is 30.3 Å². The molecule has 0 unspecified atom stereocenters. The van der Waals surface area contributed by atoms with Gasteiger partial charge in [0.25, 0.3) is 0 Å². The highest BCUT2D eigenvalue weighted by Gasteiger charge is 2.09. The molecule has 0 heterocycles. The van der Waals surface area contributed by atoms with Gasteiger partial charge in [-0.05, 0) is 65.2 Å². The van der Waals surface area contributed by atoms with Crippen LogP contribution in [0, 0.1) is 11.6 Å². The fraction of sp³-hybridized carbons (Fsp3) is 0.154. The fourth-order valence-electron chi connectivity index (χ4n) is 3.47. The highest BCUT2D eigenvalue weighted by Crippen LogP contribution is 2.29. The van der Waals surface area contributed by atoms with Gasteiger partial charge in [0, 0.05) is 12.1 Å². The molecule has 4 rings (SSSR count).